The fourth-order valence-electron chi connectivity index (χ4n) is 3.30. The number of aryl methyl sites for hydroxylation is 1. The highest BCUT2D eigenvalue weighted by Gasteiger charge is 2.18. The van der Waals surface area contributed by atoms with Crippen LogP contribution in [0.5, 0.6) is 0 Å². The van der Waals surface area contributed by atoms with Gasteiger partial charge in [0.1, 0.15) is 0 Å². The molecule has 1 saturated heterocycles. The predicted molar refractivity (Wildman–Crippen MR) is 84.7 cm³/mol. The third kappa shape index (κ3) is 3.09. The average Bonchev–Trinajstić information content (AvgIpc) is 2.47. The van der Waals surface area contributed by atoms with Gasteiger partial charge in [-0.3, -0.25) is 0 Å². The lowest BCUT2D eigenvalue weighted by Gasteiger charge is -2.30. The molecular formula is C17H26N2O. The molecule has 0 aliphatic carbocycles. The van der Waals surface area contributed by atoms with E-state index in [0.29, 0.717) is 6.04 Å². The van der Waals surface area contributed by atoms with Gasteiger partial charge in [0.05, 0.1) is 0 Å². The van der Waals surface area contributed by atoms with E-state index in [-0.39, 0.29) is 0 Å². The molecule has 2 aliphatic heterocycles. The van der Waals surface area contributed by atoms with Crippen LogP contribution in [0.15, 0.2) is 18.2 Å². The van der Waals surface area contributed by atoms with E-state index in [1.54, 1.807) is 0 Å². The number of hydrogen-bond acceptors (Lipinski definition) is 3. The summed E-state index contributed by atoms with van der Waals surface area (Å²) in [5.74, 6) is 0.780. The smallest absolute Gasteiger partial charge is 0.0469 e. The van der Waals surface area contributed by atoms with Gasteiger partial charge in [-0.05, 0) is 62.3 Å². The van der Waals surface area contributed by atoms with Crippen LogP contribution < -0.4 is 10.2 Å². The van der Waals surface area contributed by atoms with Gasteiger partial charge in [-0.1, -0.05) is 0 Å². The molecule has 110 valence electrons. The molecule has 2 heterocycles. The molecule has 3 heteroatoms. The van der Waals surface area contributed by atoms with Gasteiger partial charge in [-0.25, -0.2) is 0 Å². The second-order valence-corrected chi connectivity index (χ2v) is 6.36. The maximum atomic E-state index is 5.44. The van der Waals surface area contributed by atoms with Gasteiger partial charge in [0.15, 0.2) is 0 Å². The molecule has 3 rings (SSSR count). The van der Waals surface area contributed by atoms with Crippen molar-refractivity contribution in [2.45, 2.75) is 38.6 Å². The van der Waals surface area contributed by atoms with E-state index in [1.807, 2.05) is 0 Å². The van der Waals surface area contributed by atoms with Crippen LogP contribution in [0.4, 0.5) is 11.4 Å². The van der Waals surface area contributed by atoms with E-state index in [4.69, 9.17) is 4.74 Å². The Morgan fingerprint density at radius 1 is 1.25 bits per heavy atom. The fourth-order valence-corrected chi connectivity index (χ4v) is 3.30. The van der Waals surface area contributed by atoms with Crippen molar-refractivity contribution in [3.63, 3.8) is 0 Å². The minimum Gasteiger partial charge on any atom is -0.382 e. The third-order valence-electron chi connectivity index (χ3n) is 4.65. The van der Waals surface area contributed by atoms with Crippen LogP contribution in [0.3, 0.4) is 0 Å². The van der Waals surface area contributed by atoms with Crippen molar-refractivity contribution >= 4 is 11.4 Å². The largest absolute Gasteiger partial charge is 0.382 e. The monoisotopic (exact) mass is 274 g/mol. The van der Waals surface area contributed by atoms with E-state index < -0.39 is 0 Å². The van der Waals surface area contributed by atoms with E-state index in [2.05, 4.69) is 42.4 Å². The molecule has 0 aromatic heterocycles. The summed E-state index contributed by atoms with van der Waals surface area (Å²) in [5, 5.41) is 3.57. The topological polar surface area (TPSA) is 24.5 Å². The molecule has 0 spiro atoms. The molecule has 3 nitrogen and oxygen atoms in total. The molecular weight excluding hydrogens is 248 g/mol. The molecule has 1 fully saturated rings. The van der Waals surface area contributed by atoms with Crippen molar-refractivity contribution in [2.24, 2.45) is 5.92 Å². The Morgan fingerprint density at radius 2 is 2.05 bits per heavy atom. The predicted octanol–water partition coefficient (Wildman–Crippen LogP) is 3.30. The van der Waals surface area contributed by atoms with Crippen LogP contribution in [0, 0.1) is 5.92 Å². The summed E-state index contributed by atoms with van der Waals surface area (Å²) >= 11 is 0. The lowest BCUT2D eigenvalue weighted by molar-refractivity contribution is 0.0685. The number of rotatable bonds is 3. The van der Waals surface area contributed by atoms with Crippen LogP contribution >= 0.6 is 0 Å². The first kappa shape index (κ1) is 13.7. The van der Waals surface area contributed by atoms with Gasteiger partial charge in [0, 0.05) is 44.2 Å². The van der Waals surface area contributed by atoms with Crippen molar-refractivity contribution in [1.29, 1.82) is 0 Å². The quantitative estimate of drug-likeness (QED) is 0.915. The summed E-state index contributed by atoms with van der Waals surface area (Å²) in [5.41, 5.74) is 4.15. The Morgan fingerprint density at radius 3 is 2.85 bits per heavy atom. The first-order valence-corrected chi connectivity index (χ1v) is 7.91. The van der Waals surface area contributed by atoms with Crippen molar-refractivity contribution in [3.8, 4) is 0 Å². The normalized spacial score (nSPS) is 23.0. The number of ether oxygens (including phenoxy) is 1. The van der Waals surface area contributed by atoms with Crippen molar-refractivity contribution in [3.05, 3.63) is 23.8 Å². The third-order valence-corrected chi connectivity index (χ3v) is 4.65. The van der Waals surface area contributed by atoms with Crippen LogP contribution in [-0.4, -0.2) is 32.8 Å². The number of nitrogens with zero attached hydrogens (tertiary/aromatic N) is 1. The standard InChI is InChI=1S/C17H26N2O/c1-13-3-4-15-11-16(5-6-17(15)18-13)19(2)12-14-7-9-20-10-8-14/h5-6,11,13-14,18H,3-4,7-10,12H2,1-2H3. The zero-order valence-corrected chi connectivity index (χ0v) is 12.7. The van der Waals surface area contributed by atoms with Crippen molar-refractivity contribution in [1.82, 2.24) is 0 Å². The number of benzene rings is 1. The molecule has 1 unspecified atom stereocenters. The van der Waals surface area contributed by atoms with E-state index >= 15 is 0 Å². The average molecular weight is 274 g/mol. The summed E-state index contributed by atoms with van der Waals surface area (Å²) in [6.07, 6.45) is 4.84. The molecule has 1 N–H and O–H groups in total. The SMILES string of the molecule is CC1CCc2cc(N(C)CC3CCOCC3)ccc2N1. The Balaban J connectivity index is 1.67. The first-order valence-electron chi connectivity index (χ1n) is 7.91. The highest BCUT2D eigenvalue weighted by molar-refractivity contribution is 5.62. The Kier molecular flexibility index (Phi) is 4.16. The molecule has 0 radical (unpaired) electrons. The maximum absolute atomic E-state index is 5.44. The zero-order chi connectivity index (χ0) is 13.9. The Bertz CT molecular complexity index is 454. The van der Waals surface area contributed by atoms with E-state index in [9.17, 15) is 0 Å². The summed E-state index contributed by atoms with van der Waals surface area (Å²) in [7, 11) is 2.22. The molecule has 1 aromatic rings. The summed E-state index contributed by atoms with van der Waals surface area (Å²) < 4.78 is 5.44. The first-order chi connectivity index (χ1) is 9.72. The Hall–Kier alpha value is -1.22. The van der Waals surface area contributed by atoms with Crippen LogP contribution in [0.1, 0.15) is 31.7 Å². The second kappa shape index (κ2) is 6.04. The lowest BCUT2D eigenvalue weighted by atomic mass is 9.97. The van der Waals surface area contributed by atoms with E-state index in [0.717, 1.165) is 25.7 Å². The zero-order valence-electron chi connectivity index (χ0n) is 12.7. The highest BCUT2D eigenvalue weighted by Crippen LogP contribution is 2.29. The summed E-state index contributed by atoms with van der Waals surface area (Å²) in [6.45, 7) is 5.27. The minimum atomic E-state index is 0.605. The summed E-state index contributed by atoms with van der Waals surface area (Å²) in [6, 6.07) is 7.48. The van der Waals surface area contributed by atoms with Crippen molar-refractivity contribution < 1.29 is 4.74 Å². The van der Waals surface area contributed by atoms with Gasteiger partial charge >= 0.3 is 0 Å². The number of fused-ring (bicyclic) bond motifs is 1. The summed E-state index contributed by atoms with van der Waals surface area (Å²) in [4.78, 5) is 2.41. The van der Waals surface area contributed by atoms with Crippen LogP contribution in [0.25, 0.3) is 0 Å². The molecule has 20 heavy (non-hydrogen) atoms. The number of anilines is 2. The molecule has 1 atom stereocenters. The number of hydrogen-bond donors (Lipinski definition) is 1. The second-order valence-electron chi connectivity index (χ2n) is 6.36. The lowest BCUT2D eigenvalue weighted by Crippen LogP contribution is -2.30. The molecule has 0 saturated carbocycles. The molecule has 0 bridgehead atoms. The maximum Gasteiger partial charge on any atom is 0.0469 e. The van der Waals surface area contributed by atoms with Crippen molar-refractivity contribution in [2.75, 3.05) is 37.0 Å². The fraction of sp³-hybridized carbons (Fsp3) is 0.647. The van der Waals surface area contributed by atoms with Gasteiger partial charge in [-0.15, -0.1) is 0 Å². The highest BCUT2D eigenvalue weighted by atomic mass is 16.5. The van der Waals surface area contributed by atoms with E-state index in [1.165, 1.54) is 42.6 Å². The molecule has 2 aliphatic rings. The van der Waals surface area contributed by atoms with Gasteiger partial charge in [0.2, 0.25) is 0 Å². The van der Waals surface area contributed by atoms with Gasteiger partial charge in [-0.2, -0.15) is 0 Å². The minimum absolute atomic E-state index is 0.605. The molecule has 1 aromatic carbocycles. The Labute approximate surface area is 122 Å². The number of nitrogens with one attached hydrogen (secondary N) is 1. The van der Waals surface area contributed by atoms with Crippen LogP contribution in [-0.2, 0) is 11.2 Å². The van der Waals surface area contributed by atoms with Gasteiger partial charge < -0.3 is 15.0 Å². The van der Waals surface area contributed by atoms with Crippen LogP contribution in [0.2, 0.25) is 0 Å². The van der Waals surface area contributed by atoms with Gasteiger partial charge in [0.25, 0.3) is 0 Å². The molecule has 0 amide bonds.